The molecule has 0 radical (unpaired) electrons. The van der Waals surface area contributed by atoms with Crippen molar-refractivity contribution in [2.45, 2.75) is 26.7 Å². The van der Waals surface area contributed by atoms with Gasteiger partial charge in [-0.25, -0.2) is 4.98 Å². The van der Waals surface area contributed by atoms with Crippen LogP contribution in [0.1, 0.15) is 42.9 Å². The molecule has 1 atom stereocenters. The van der Waals surface area contributed by atoms with E-state index in [-0.39, 0.29) is 11.1 Å². The van der Waals surface area contributed by atoms with E-state index in [0.29, 0.717) is 5.69 Å². The van der Waals surface area contributed by atoms with Gasteiger partial charge in [0.05, 0.1) is 11.6 Å². The number of primary amides is 1. The number of aldehydes is 1. The van der Waals surface area contributed by atoms with Crippen molar-refractivity contribution >= 4 is 12.2 Å². The minimum absolute atomic E-state index is 0.0644. The molecule has 5 nitrogen and oxygen atoms in total. The highest BCUT2D eigenvalue weighted by Crippen LogP contribution is 2.33. The summed E-state index contributed by atoms with van der Waals surface area (Å²) in [5, 5.41) is 0. The number of hydrogen-bond donors (Lipinski definition) is 1. The van der Waals surface area contributed by atoms with Gasteiger partial charge in [0.2, 0.25) is 0 Å². The lowest BCUT2D eigenvalue weighted by molar-refractivity contribution is -0.111. The maximum atomic E-state index is 11.2. The first-order valence-corrected chi connectivity index (χ1v) is 4.94. The molecule has 0 aliphatic heterocycles. The van der Waals surface area contributed by atoms with Crippen molar-refractivity contribution in [2.75, 3.05) is 0 Å². The van der Waals surface area contributed by atoms with Crippen molar-refractivity contribution in [3.8, 4) is 0 Å². The second-order valence-corrected chi connectivity index (χ2v) is 4.63. The van der Waals surface area contributed by atoms with Gasteiger partial charge in [-0.3, -0.25) is 9.78 Å². The van der Waals surface area contributed by atoms with E-state index in [9.17, 15) is 9.59 Å². The zero-order valence-electron chi connectivity index (χ0n) is 9.60. The number of aromatic nitrogens is 2. The van der Waals surface area contributed by atoms with Gasteiger partial charge in [-0.1, -0.05) is 20.8 Å². The predicted molar refractivity (Wildman–Crippen MR) is 58.8 cm³/mol. The van der Waals surface area contributed by atoms with E-state index in [4.69, 9.17) is 5.73 Å². The number of hydrogen-bond acceptors (Lipinski definition) is 4. The number of nitrogens with two attached hydrogens (primary N) is 1. The second-order valence-electron chi connectivity index (χ2n) is 4.63. The van der Waals surface area contributed by atoms with Gasteiger partial charge in [0.25, 0.3) is 5.91 Å². The average molecular weight is 221 g/mol. The summed E-state index contributed by atoms with van der Waals surface area (Å²) in [5.74, 6) is -1.16. The van der Waals surface area contributed by atoms with E-state index < -0.39 is 11.8 Å². The van der Waals surface area contributed by atoms with Crippen LogP contribution in [0.4, 0.5) is 0 Å². The first-order valence-electron chi connectivity index (χ1n) is 4.94. The first kappa shape index (κ1) is 12.3. The van der Waals surface area contributed by atoms with Crippen molar-refractivity contribution in [3.63, 3.8) is 0 Å². The molecule has 1 amide bonds. The number of carbonyl (C=O) groups excluding carboxylic acids is 2. The summed E-state index contributed by atoms with van der Waals surface area (Å²) in [6.07, 6.45) is 3.61. The molecule has 1 aromatic rings. The third-order valence-corrected chi connectivity index (χ3v) is 2.32. The van der Waals surface area contributed by atoms with E-state index in [0.717, 1.165) is 6.29 Å². The molecule has 1 heterocycles. The highest BCUT2D eigenvalue weighted by atomic mass is 16.1. The summed E-state index contributed by atoms with van der Waals surface area (Å²) in [6, 6.07) is 0. The van der Waals surface area contributed by atoms with E-state index in [1.165, 1.54) is 12.4 Å². The Bertz CT molecular complexity index is 410. The molecule has 0 saturated heterocycles. The largest absolute Gasteiger partial charge is 0.364 e. The van der Waals surface area contributed by atoms with Gasteiger partial charge in [-0.05, 0) is 5.41 Å². The molecule has 86 valence electrons. The Kier molecular flexibility index (Phi) is 3.37. The molecule has 0 aromatic carbocycles. The lowest BCUT2D eigenvalue weighted by atomic mass is 9.79. The lowest BCUT2D eigenvalue weighted by Crippen LogP contribution is -2.26. The molecule has 1 unspecified atom stereocenters. The number of nitrogens with zero attached hydrogens (tertiary/aromatic N) is 2. The third kappa shape index (κ3) is 2.42. The molecule has 1 aromatic heterocycles. The topological polar surface area (TPSA) is 85.9 Å². The Balaban J connectivity index is 3.30. The molecule has 0 aliphatic carbocycles. The van der Waals surface area contributed by atoms with Crippen molar-refractivity contribution in [3.05, 3.63) is 23.8 Å². The van der Waals surface area contributed by atoms with Crippen LogP contribution in [0.2, 0.25) is 0 Å². The smallest absolute Gasteiger partial charge is 0.269 e. The van der Waals surface area contributed by atoms with Crippen LogP contribution >= 0.6 is 0 Å². The van der Waals surface area contributed by atoms with Crippen LogP contribution in [-0.4, -0.2) is 22.2 Å². The standard InChI is InChI=1S/C11H15N3O2/c1-11(2,3)7(6-15)8-9(10(12)16)14-5-4-13-8/h4-7H,1-3H3,(H2,12,16). The second kappa shape index (κ2) is 4.38. The number of rotatable bonds is 3. The Hall–Kier alpha value is -1.78. The average Bonchev–Trinajstić information content (AvgIpc) is 2.17. The summed E-state index contributed by atoms with van der Waals surface area (Å²) in [7, 11) is 0. The van der Waals surface area contributed by atoms with Crippen LogP contribution in [0.5, 0.6) is 0 Å². The first-order chi connectivity index (χ1) is 7.38. The summed E-state index contributed by atoms with van der Waals surface area (Å²) in [4.78, 5) is 30.2. The van der Waals surface area contributed by atoms with E-state index >= 15 is 0 Å². The fourth-order valence-electron chi connectivity index (χ4n) is 1.44. The van der Waals surface area contributed by atoms with Crippen LogP contribution in [0.15, 0.2) is 12.4 Å². The number of carbonyl (C=O) groups is 2. The fraction of sp³-hybridized carbons (Fsp3) is 0.455. The fourth-order valence-corrected chi connectivity index (χ4v) is 1.44. The van der Waals surface area contributed by atoms with Crippen molar-refractivity contribution in [2.24, 2.45) is 11.1 Å². The minimum Gasteiger partial charge on any atom is -0.364 e. The van der Waals surface area contributed by atoms with E-state index in [1.807, 2.05) is 20.8 Å². The van der Waals surface area contributed by atoms with Gasteiger partial charge in [0.1, 0.15) is 12.0 Å². The SMILES string of the molecule is CC(C)(C)C(C=O)c1nccnc1C(N)=O. The van der Waals surface area contributed by atoms with E-state index in [2.05, 4.69) is 9.97 Å². The van der Waals surface area contributed by atoms with Crippen LogP contribution < -0.4 is 5.73 Å². The Morgan fingerprint density at radius 3 is 2.38 bits per heavy atom. The maximum absolute atomic E-state index is 11.2. The van der Waals surface area contributed by atoms with Gasteiger partial charge in [-0.15, -0.1) is 0 Å². The van der Waals surface area contributed by atoms with Gasteiger partial charge in [0, 0.05) is 12.4 Å². The molecule has 0 aliphatic rings. The van der Waals surface area contributed by atoms with E-state index in [1.54, 1.807) is 0 Å². The molecule has 16 heavy (non-hydrogen) atoms. The number of amides is 1. The third-order valence-electron chi connectivity index (χ3n) is 2.32. The summed E-state index contributed by atoms with van der Waals surface area (Å²) in [6.45, 7) is 5.68. The lowest BCUT2D eigenvalue weighted by Gasteiger charge is -2.25. The molecule has 0 fully saturated rings. The minimum atomic E-state index is -0.667. The molecule has 0 spiro atoms. The Morgan fingerprint density at radius 2 is 1.94 bits per heavy atom. The van der Waals surface area contributed by atoms with Crippen molar-refractivity contribution in [1.29, 1.82) is 0 Å². The molecule has 5 heteroatoms. The van der Waals surface area contributed by atoms with Crippen LogP contribution in [-0.2, 0) is 4.79 Å². The highest BCUT2D eigenvalue weighted by molar-refractivity contribution is 5.92. The Morgan fingerprint density at radius 1 is 1.38 bits per heavy atom. The van der Waals surface area contributed by atoms with Crippen LogP contribution in [0.25, 0.3) is 0 Å². The zero-order valence-corrected chi connectivity index (χ0v) is 9.60. The van der Waals surface area contributed by atoms with Gasteiger partial charge in [0.15, 0.2) is 0 Å². The normalized spacial score (nSPS) is 13.2. The van der Waals surface area contributed by atoms with Crippen molar-refractivity contribution in [1.82, 2.24) is 9.97 Å². The molecule has 0 saturated carbocycles. The van der Waals surface area contributed by atoms with Gasteiger partial charge in [-0.2, -0.15) is 0 Å². The van der Waals surface area contributed by atoms with Gasteiger partial charge >= 0.3 is 0 Å². The maximum Gasteiger partial charge on any atom is 0.269 e. The molecule has 0 bridgehead atoms. The molecular formula is C11H15N3O2. The molecular weight excluding hydrogens is 206 g/mol. The summed E-state index contributed by atoms with van der Waals surface area (Å²) in [5.41, 5.74) is 5.27. The predicted octanol–water partition coefficient (Wildman–Crippen LogP) is 0.904. The summed E-state index contributed by atoms with van der Waals surface area (Å²) < 4.78 is 0. The van der Waals surface area contributed by atoms with Crippen LogP contribution in [0.3, 0.4) is 0 Å². The molecule has 1 rings (SSSR count). The quantitative estimate of drug-likeness (QED) is 0.768. The monoisotopic (exact) mass is 221 g/mol. The molecule has 2 N–H and O–H groups in total. The zero-order chi connectivity index (χ0) is 12.3. The van der Waals surface area contributed by atoms with Gasteiger partial charge < -0.3 is 10.5 Å². The van der Waals surface area contributed by atoms with Crippen molar-refractivity contribution < 1.29 is 9.59 Å². The van der Waals surface area contributed by atoms with Crippen LogP contribution in [0, 0.1) is 5.41 Å². The summed E-state index contributed by atoms with van der Waals surface area (Å²) >= 11 is 0. The Labute approximate surface area is 94.1 Å². The highest BCUT2D eigenvalue weighted by Gasteiger charge is 2.30.